The molecule has 2 heterocycles. The lowest BCUT2D eigenvalue weighted by atomic mass is 10.00. The van der Waals surface area contributed by atoms with Gasteiger partial charge in [-0.15, -0.1) is 0 Å². The standard InChI is InChI=1S/C22H32N4O/c1-15-5-7-19(8-6-15)14-26-18(4)21(17(3)25-26)9-10-22(27)24-20-11-12-23-16(2)13-20/h5-8,16,20,23H,9-14H2,1-4H3,(H,24,27). The van der Waals surface area contributed by atoms with Gasteiger partial charge in [0.15, 0.2) is 0 Å². The minimum atomic E-state index is 0.152. The Labute approximate surface area is 162 Å². The van der Waals surface area contributed by atoms with E-state index in [0.717, 1.165) is 43.7 Å². The largest absolute Gasteiger partial charge is 0.353 e. The van der Waals surface area contributed by atoms with Crippen LogP contribution in [-0.4, -0.2) is 34.3 Å². The molecule has 1 aliphatic rings. The maximum atomic E-state index is 12.4. The van der Waals surface area contributed by atoms with Crippen LogP contribution in [0.2, 0.25) is 0 Å². The van der Waals surface area contributed by atoms with Crippen molar-refractivity contribution in [2.45, 2.75) is 72.0 Å². The van der Waals surface area contributed by atoms with Gasteiger partial charge < -0.3 is 10.6 Å². The van der Waals surface area contributed by atoms with Crippen molar-refractivity contribution in [3.8, 4) is 0 Å². The van der Waals surface area contributed by atoms with Gasteiger partial charge in [0, 0.05) is 24.2 Å². The molecule has 0 aliphatic carbocycles. The van der Waals surface area contributed by atoms with Crippen molar-refractivity contribution in [2.24, 2.45) is 0 Å². The number of hydrogen-bond acceptors (Lipinski definition) is 3. The van der Waals surface area contributed by atoms with Crippen molar-refractivity contribution in [3.05, 3.63) is 52.3 Å². The maximum Gasteiger partial charge on any atom is 0.220 e. The van der Waals surface area contributed by atoms with Crippen molar-refractivity contribution in [1.29, 1.82) is 0 Å². The maximum absolute atomic E-state index is 12.4. The molecule has 0 spiro atoms. The van der Waals surface area contributed by atoms with Crippen LogP contribution in [0.15, 0.2) is 24.3 Å². The predicted molar refractivity (Wildman–Crippen MR) is 109 cm³/mol. The molecule has 1 amide bonds. The van der Waals surface area contributed by atoms with E-state index >= 15 is 0 Å². The summed E-state index contributed by atoms with van der Waals surface area (Å²) in [5, 5.41) is 11.3. The van der Waals surface area contributed by atoms with E-state index in [0.29, 0.717) is 18.5 Å². The molecular weight excluding hydrogens is 336 g/mol. The number of rotatable bonds is 6. The third kappa shape index (κ3) is 5.19. The average Bonchev–Trinajstić information content (AvgIpc) is 2.88. The molecule has 5 heteroatoms. The van der Waals surface area contributed by atoms with E-state index < -0.39 is 0 Å². The number of aromatic nitrogens is 2. The van der Waals surface area contributed by atoms with Crippen molar-refractivity contribution < 1.29 is 4.79 Å². The van der Waals surface area contributed by atoms with Crippen molar-refractivity contribution in [3.63, 3.8) is 0 Å². The molecule has 1 fully saturated rings. The molecule has 2 atom stereocenters. The minimum Gasteiger partial charge on any atom is -0.353 e. The molecule has 1 saturated heterocycles. The lowest BCUT2D eigenvalue weighted by molar-refractivity contribution is -0.122. The molecule has 2 aromatic rings. The van der Waals surface area contributed by atoms with E-state index in [4.69, 9.17) is 5.10 Å². The fraction of sp³-hybridized carbons (Fsp3) is 0.545. The summed E-state index contributed by atoms with van der Waals surface area (Å²) < 4.78 is 2.06. The molecule has 0 radical (unpaired) electrons. The van der Waals surface area contributed by atoms with Gasteiger partial charge in [0.25, 0.3) is 0 Å². The van der Waals surface area contributed by atoms with E-state index in [1.165, 1.54) is 16.7 Å². The number of aryl methyl sites for hydroxylation is 2. The van der Waals surface area contributed by atoms with Crippen LogP contribution in [0.25, 0.3) is 0 Å². The molecule has 0 saturated carbocycles. The van der Waals surface area contributed by atoms with Gasteiger partial charge >= 0.3 is 0 Å². The zero-order chi connectivity index (χ0) is 19.4. The highest BCUT2D eigenvalue weighted by molar-refractivity contribution is 5.76. The molecule has 1 aromatic carbocycles. The van der Waals surface area contributed by atoms with E-state index in [1.54, 1.807) is 0 Å². The quantitative estimate of drug-likeness (QED) is 0.824. The van der Waals surface area contributed by atoms with Crippen LogP contribution in [-0.2, 0) is 17.8 Å². The Morgan fingerprint density at radius 3 is 2.70 bits per heavy atom. The summed E-state index contributed by atoms with van der Waals surface area (Å²) in [5.41, 5.74) is 5.91. The Kier molecular flexibility index (Phi) is 6.32. The fourth-order valence-corrected chi connectivity index (χ4v) is 3.92. The second kappa shape index (κ2) is 8.70. The van der Waals surface area contributed by atoms with Crippen LogP contribution in [0.3, 0.4) is 0 Å². The smallest absolute Gasteiger partial charge is 0.220 e. The topological polar surface area (TPSA) is 59.0 Å². The summed E-state index contributed by atoms with van der Waals surface area (Å²) in [6, 6.07) is 9.36. The number of benzene rings is 1. The van der Waals surface area contributed by atoms with E-state index in [2.05, 4.69) is 60.4 Å². The van der Waals surface area contributed by atoms with Gasteiger partial charge in [-0.2, -0.15) is 5.10 Å². The average molecular weight is 369 g/mol. The van der Waals surface area contributed by atoms with Crippen LogP contribution >= 0.6 is 0 Å². The zero-order valence-electron chi connectivity index (χ0n) is 17.0. The lowest BCUT2D eigenvalue weighted by Gasteiger charge is -2.28. The molecule has 1 aliphatic heterocycles. The minimum absolute atomic E-state index is 0.152. The van der Waals surface area contributed by atoms with Gasteiger partial charge in [-0.1, -0.05) is 29.8 Å². The van der Waals surface area contributed by atoms with Gasteiger partial charge in [0.05, 0.1) is 12.2 Å². The third-order valence-electron chi connectivity index (χ3n) is 5.58. The predicted octanol–water partition coefficient (Wildman–Crippen LogP) is 3.05. The second-order valence-electron chi connectivity index (χ2n) is 7.94. The van der Waals surface area contributed by atoms with Gasteiger partial charge in [0.2, 0.25) is 5.91 Å². The normalized spacial score (nSPS) is 19.9. The number of nitrogens with one attached hydrogen (secondary N) is 2. The molecule has 146 valence electrons. The molecule has 27 heavy (non-hydrogen) atoms. The highest BCUT2D eigenvalue weighted by Gasteiger charge is 2.20. The van der Waals surface area contributed by atoms with Crippen LogP contribution < -0.4 is 10.6 Å². The van der Waals surface area contributed by atoms with Gasteiger partial charge in [-0.05, 0) is 64.6 Å². The number of nitrogens with zero attached hydrogens (tertiary/aromatic N) is 2. The first-order valence-corrected chi connectivity index (χ1v) is 10.0. The Balaban J connectivity index is 1.57. The number of amides is 1. The van der Waals surface area contributed by atoms with Gasteiger partial charge in [0.1, 0.15) is 0 Å². The summed E-state index contributed by atoms with van der Waals surface area (Å²) in [6.45, 7) is 10.2. The Morgan fingerprint density at radius 1 is 1.26 bits per heavy atom. The molecule has 2 unspecified atom stereocenters. The van der Waals surface area contributed by atoms with Gasteiger partial charge in [-0.3, -0.25) is 9.48 Å². The van der Waals surface area contributed by atoms with Crippen LogP contribution in [0.1, 0.15) is 54.3 Å². The molecule has 0 bridgehead atoms. The highest BCUT2D eigenvalue weighted by Crippen LogP contribution is 2.17. The van der Waals surface area contributed by atoms with Crippen LogP contribution in [0, 0.1) is 20.8 Å². The first-order valence-electron chi connectivity index (χ1n) is 10.0. The first-order chi connectivity index (χ1) is 12.9. The number of hydrogen-bond donors (Lipinski definition) is 2. The van der Waals surface area contributed by atoms with E-state index in [9.17, 15) is 4.79 Å². The monoisotopic (exact) mass is 368 g/mol. The molecule has 3 rings (SSSR count). The van der Waals surface area contributed by atoms with Crippen molar-refractivity contribution >= 4 is 5.91 Å². The lowest BCUT2D eigenvalue weighted by Crippen LogP contribution is -2.46. The SMILES string of the molecule is Cc1ccc(Cn2nc(C)c(CCC(=O)NC3CCNC(C)C3)c2C)cc1. The number of carbonyl (C=O) groups is 1. The Morgan fingerprint density at radius 2 is 2.00 bits per heavy atom. The molecule has 2 N–H and O–H groups in total. The number of carbonyl (C=O) groups excluding carboxylic acids is 1. The summed E-state index contributed by atoms with van der Waals surface area (Å²) in [6.07, 6.45) is 3.30. The van der Waals surface area contributed by atoms with Crippen molar-refractivity contribution in [2.75, 3.05) is 6.54 Å². The van der Waals surface area contributed by atoms with E-state index in [1.807, 2.05) is 6.92 Å². The highest BCUT2D eigenvalue weighted by atomic mass is 16.1. The zero-order valence-corrected chi connectivity index (χ0v) is 17.0. The third-order valence-corrected chi connectivity index (χ3v) is 5.58. The summed E-state index contributed by atoms with van der Waals surface area (Å²) in [7, 11) is 0. The first kappa shape index (κ1) is 19.6. The molecule has 5 nitrogen and oxygen atoms in total. The summed E-state index contributed by atoms with van der Waals surface area (Å²) in [4.78, 5) is 12.4. The van der Waals surface area contributed by atoms with Crippen molar-refractivity contribution in [1.82, 2.24) is 20.4 Å². The molecular formula is C22H32N4O. The summed E-state index contributed by atoms with van der Waals surface area (Å²) in [5.74, 6) is 0.152. The number of piperidine rings is 1. The Bertz CT molecular complexity index is 778. The van der Waals surface area contributed by atoms with Crippen LogP contribution in [0.5, 0.6) is 0 Å². The Hall–Kier alpha value is -2.14. The fourth-order valence-electron chi connectivity index (χ4n) is 3.92. The summed E-state index contributed by atoms with van der Waals surface area (Å²) >= 11 is 0. The van der Waals surface area contributed by atoms with E-state index in [-0.39, 0.29) is 5.91 Å². The second-order valence-corrected chi connectivity index (χ2v) is 7.94. The molecule has 1 aromatic heterocycles. The van der Waals surface area contributed by atoms with Gasteiger partial charge in [-0.25, -0.2) is 0 Å². The van der Waals surface area contributed by atoms with Crippen LogP contribution in [0.4, 0.5) is 0 Å².